The lowest BCUT2D eigenvalue weighted by Gasteiger charge is -2.38. The fourth-order valence-corrected chi connectivity index (χ4v) is 3.70. The third kappa shape index (κ3) is 6.60. The van der Waals surface area contributed by atoms with E-state index in [4.69, 9.17) is 18.9 Å². The molecule has 1 saturated heterocycles. The van der Waals surface area contributed by atoms with Crippen LogP contribution in [0.3, 0.4) is 0 Å². The van der Waals surface area contributed by atoms with Crippen LogP contribution in [0, 0.1) is 17.8 Å². The molecule has 0 aromatic heterocycles. The average molecular weight is 443 g/mol. The van der Waals surface area contributed by atoms with Gasteiger partial charge in [-0.3, -0.25) is 0 Å². The van der Waals surface area contributed by atoms with Gasteiger partial charge in [-0.15, -0.1) is 0 Å². The summed E-state index contributed by atoms with van der Waals surface area (Å²) in [5.74, 6) is 0.563. The summed E-state index contributed by atoms with van der Waals surface area (Å²) >= 11 is 0. The monoisotopic (exact) mass is 442 g/mol. The van der Waals surface area contributed by atoms with Gasteiger partial charge in [-0.1, -0.05) is 45.9 Å². The lowest BCUT2D eigenvalue weighted by molar-refractivity contribution is -0.225. The first-order valence-corrected chi connectivity index (χ1v) is 10.6. The highest BCUT2D eigenvalue weighted by atomic mass is 16.7. The Bertz CT molecular complexity index is 657. The van der Waals surface area contributed by atoms with Gasteiger partial charge in [0.25, 0.3) is 0 Å². The second-order valence-corrected chi connectivity index (χ2v) is 8.49. The quantitative estimate of drug-likeness (QED) is 0.272. The zero-order valence-corrected chi connectivity index (χ0v) is 18.4. The Morgan fingerprint density at radius 1 is 1.13 bits per heavy atom. The van der Waals surface area contributed by atoms with Gasteiger partial charge in [0, 0.05) is 5.92 Å². The van der Waals surface area contributed by atoms with Gasteiger partial charge in [0.1, 0.15) is 43.2 Å². The number of aliphatic hydroxyl groups excluding tert-OH is 3. The van der Waals surface area contributed by atoms with Crippen molar-refractivity contribution in [1.29, 1.82) is 0 Å². The molecule has 1 heterocycles. The van der Waals surface area contributed by atoms with Crippen LogP contribution in [-0.2, 0) is 23.7 Å². The molecule has 7 atom stereocenters. The SMILES string of the molecule is CC(C)C1=CC=CC(C(C)C)C1OC(=O)OCCOCC1OC(C=O)[C@@H](O)C(O)[C@H]1O. The van der Waals surface area contributed by atoms with Crippen LogP contribution in [0.1, 0.15) is 27.7 Å². The number of carbonyl (C=O) groups excluding carboxylic acids is 2. The fraction of sp³-hybridized carbons (Fsp3) is 0.727. The lowest BCUT2D eigenvalue weighted by atomic mass is 9.79. The minimum atomic E-state index is -1.52. The Balaban J connectivity index is 1.77. The first-order valence-electron chi connectivity index (χ1n) is 10.6. The van der Waals surface area contributed by atoms with E-state index in [0.29, 0.717) is 6.29 Å². The number of hydrogen-bond acceptors (Lipinski definition) is 9. The van der Waals surface area contributed by atoms with Crippen LogP contribution in [0.15, 0.2) is 23.8 Å². The fourth-order valence-electron chi connectivity index (χ4n) is 3.70. The highest BCUT2D eigenvalue weighted by Gasteiger charge is 2.43. The van der Waals surface area contributed by atoms with E-state index < -0.39 is 42.8 Å². The van der Waals surface area contributed by atoms with E-state index >= 15 is 0 Å². The van der Waals surface area contributed by atoms with Gasteiger partial charge < -0.3 is 39.1 Å². The zero-order valence-electron chi connectivity index (χ0n) is 18.4. The van der Waals surface area contributed by atoms with Crippen LogP contribution in [0.4, 0.5) is 4.79 Å². The largest absolute Gasteiger partial charge is 0.508 e. The average Bonchev–Trinajstić information content (AvgIpc) is 2.73. The summed E-state index contributed by atoms with van der Waals surface area (Å²) in [6.07, 6.45) is -1.52. The molecule has 9 nitrogen and oxygen atoms in total. The zero-order chi connectivity index (χ0) is 23.1. The topological polar surface area (TPSA) is 132 Å². The van der Waals surface area contributed by atoms with E-state index in [1.54, 1.807) is 0 Å². The first-order chi connectivity index (χ1) is 14.7. The third-order valence-corrected chi connectivity index (χ3v) is 5.57. The summed E-state index contributed by atoms with van der Waals surface area (Å²) in [6.45, 7) is 7.99. The Morgan fingerprint density at radius 2 is 1.84 bits per heavy atom. The summed E-state index contributed by atoms with van der Waals surface area (Å²) in [6, 6.07) is 0. The molecule has 0 saturated carbocycles. The number of hydrogen-bond donors (Lipinski definition) is 3. The molecule has 9 heteroatoms. The van der Waals surface area contributed by atoms with Crippen molar-refractivity contribution in [2.75, 3.05) is 19.8 Å². The van der Waals surface area contributed by atoms with Crippen LogP contribution in [0.2, 0.25) is 0 Å². The van der Waals surface area contributed by atoms with E-state index in [1.807, 2.05) is 32.1 Å². The number of allylic oxidation sites excluding steroid dienone is 2. The number of aliphatic hydroxyl groups is 3. The molecule has 3 N–H and O–H groups in total. The van der Waals surface area contributed by atoms with Gasteiger partial charge >= 0.3 is 6.16 Å². The van der Waals surface area contributed by atoms with Crippen LogP contribution < -0.4 is 0 Å². The first kappa shape index (κ1) is 25.5. The van der Waals surface area contributed by atoms with Gasteiger partial charge in [0.15, 0.2) is 6.29 Å². The van der Waals surface area contributed by atoms with Crippen LogP contribution in [0.5, 0.6) is 0 Å². The predicted molar refractivity (Wildman–Crippen MR) is 110 cm³/mol. The molecule has 31 heavy (non-hydrogen) atoms. The Morgan fingerprint density at radius 3 is 2.45 bits per heavy atom. The molecule has 0 radical (unpaired) electrons. The second kappa shape index (κ2) is 11.7. The molecule has 2 rings (SSSR count). The standard InChI is InChI=1S/C22H34O9/c1-12(2)14-6-5-7-15(13(3)4)21(14)31-22(27)29-9-8-28-11-17-19(25)20(26)18(24)16(10-23)30-17/h5-7,10,12-14,16-21,24-26H,8-9,11H2,1-4H3/t14?,16?,17?,18-,19+,20?,21?/m1/s1. The number of ether oxygens (including phenoxy) is 4. The molecule has 5 unspecified atom stereocenters. The van der Waals surface area contributed by atoms with Crippen molar-refractivity contribution in [3.63, 3.8) is 0 Å². The maximum atomic E-state index is 12.2. The third-order valence-electron chi connectivity index (χ3n) is 5.57. The molecule has 0 aromatic rings. The summed E-state index contributed by atoms with van der Waals surface area (Å²) < 4.78 is 21.3. The second-order valence-electron chi connectivity index (χ2n) is 8.49. The molecule has 0 bridgehead atoms. The van der Waals surface area contributed by atoms with Gasteiger partial charge in [-0.05, 0) is 17.4 Å². The summed E-state index contributed by atoms with van der Waals surface area (Å²) in [4.78, 5) is 23.1. The van der Waals surface area contributed by atoms with Crippen molar-refractivity contribution in [3.8, 4) is 0 Å². The molecule has 2 aliphatic rings. The Kier molecular flexibility index (Phi) is 9.64. The molecule has 1 aliphatic heterocycles. The van der Waals surface area contributed by atoms with E-state index in [1.165, 1.54) is 0 Å². The lowest BCUT2D eigenvalue weighted by Crippen LogP contribution is -2.59. The smallest absolute Gasteiger partial charge is 0.432 e. The van der Waals surface area contributed by atoms with E-state index in [9.17, 15) is 24.9 Å². The van der Waals surface area contributed by atoms with Crippen LogP contribution in [-0.4, -0.2) is 84.2 Å². The predicted octanol–water partition coefficient (Wildman–Crippen LogP) is 0.998. The normalized spacial score (nSPS) is 33.3. The molecule has 0 amide bonds. The molecule has 1 aliphatic carbocycles. The van der Waals surface area contributed by atoms with Gasteiger partial charge in [0.2, 0.25) is 0 Å². The maximum Gasteiger partial charge on any atom is 0.508 e. The molecular weight excluding hydrogens is 408 g/mol. The molecular formula is C22H34O9. The molecule has 1 fully saturated rings. The molecule has 0 aromatic carbocycles. The number of carbonyl (C=O) groups is 2. The highest BCUT2D eigenvalue weighted by molar-refractivity contribution is 5.61. The van der Waals surface area contributed by atoms with E-state index in [-0.39, 0.29) is 37.6 Å². The van der Waals surface area contributed by atoms with Crippen LogP contribution >= 0.6 is 0 Å². The van der Waals surface area contributed by atoms with Gasteiger partial charge in [0.05, 0.1) is 13.2 Å². The van der Waals surface area contributed by atoms with Crippen LogP contribution in [0.25, 0.3) is 0 Å². The van der Waals surface area contributed by atoms with Crippen molar-refractivity contribution in [1.82, 2.24) is 0 Å². The van der Waals surface area contributed by atoms with Crippen molar-refractivity contribution in [3.05, 3.63) is 23.8 Å². The summed E-state index contributed by atoms with van der Waals surface area (Å²) in [7, 11) is 0. The summed E-state index contributed by atoms with van der Waals surface area (Å²) in [5, 5.41) is 29.4. The maximum absolute atomic E-state index is 12.2. The highest BCUT2D eigenvalue weighted by Crippen LogP contribution is 2.32. The van der Waals surface area contributed by atoms with Crippen molar-refractivity contribution in [2.24, 2.45) is 17.8 Å². The van der Waals surface area contributed by atoms with E-state index in [0.717, 1.165) is 5.57 Å². The summed E-state index contributed by atoms with van der Waals surface area (Å²) in [5.41, 5.74) is 1.03. The van der Waals surface area contributed by atoms with Crippen molar-refractivity contribution >= 4 is 12.4 Å². The number of aldehydes is 1. The molecule has 176 valence electrons. The van der Waals surface area contributed by atoms with Gasteiger partial charge in [-0.25, -0.2) is 4.79 Å². The van der Waals surface area contributed by atoms with Crippen molar-refractivity contribution in [2.45, 2.75) is 64.3 Å². The Hall–Kier alpha value is -1.78. The minimum Gasteiger partial charge on any atom is -0.432 e. The molecule has 0 spiro atoms. The Labute approximate surface area is 182 Å². The van der Waals surface area contributed by atoms with Crippen molar-refractivity contribution < 1.29 is 43.9 Å². The van der Waals surface area contributed by atoms with E-state index in [2.05, 4.69) is 13.8 Å². The van der Waals surface area contributed by atoms with Gasteiger partial charge in [-0.2, -0.15) is 0 Å². The minimum absolute atomic E-state index is 0.00284. The number of rotatable bonds is 9.